The summed E-state index contributed by atoms with van der Waals surface area (Å²) in [4.78, 5) is 36.9. The smallest absolute Gasteiger partial charge is 0.352 e. The number of halogens is 1. The molecule has 0 aliphatic carbocycles. The SMILES string of the molecule is O=C(COc1ccccc1)NC1C(=O)N2C(C(=O)O)=C(CBr)CS(=O)[C@H]12. The Labute approximate surface area is 159 Å². The summed E-state index contributed by atoms with van der Waals surface area (Å²) in [5.74, 6) is -1.85. The quantitative estimate of drug-likeness (QED) is 0.481. The highest BCUT2D eigenvalue weighted by molar-refractivity contribution is 9.09. The van der Waals surface area contributed by atoms with Crippen molar-refractivity contribution in [3.63, 3.8) is 0 Å². The maximum absolute atomic E-state index is 12.4. The zero-order chi connectivity index (χ0) is 18.8. The van der Waals surface area contributed by atoms with Crippen molar-refractivity contribution in [2.45, 2.75) is 11.4 Å². The molecule has 8 nitrogen and oxygen atoms in total. The van der Waals surface area contributed by atoms with Gasteiger partial charge >= 0.3 is 5.97 Å². The summed E-state index contributed by atoms with van der Waals surface area (Å²) < 4.78 is 17.7. The first kappa shape index (κ1) is 18.6. The second-order valence-corrected chi connectivity index (χ2v) is 7.76. The van der Waals surface area contributed by atoms with E-state index in [1.54, 1.807) is 24.3 Å². The first-order valence-electron chi connectivity index (χ1n) is 7.62. The summed E-state index contributed by atoms with van der Waals surface area (Å²) in [5, 5.41) is 11.2. The standard InChI is InChI=1S/C16H15BrN2O6S/c17-6-9-8-26(24)15-12(14(21)19(15)13(9)16(22)23)18-11(20)7-25-10-4-2-1-3-5-10/h1-5,12,15H,6-8H2,(H,18,20)(H,22,23)/t12?,15-,26?/m1/s1. The maximum atomic E-state index is 12.4. The number of benzene rings is 1. The minimum atomic E-state index is -1.50. The largest absolute Gasteiger partial charge is 0.484 e. The van der Waals surface area contributed by atoms with Gasteiger partial charge in [-0.15, -0.1) is 0 Å². The number of nitrogens with one attached hydrogen (secondary N) is 1. The topological polar surface area (TPSA) is 113 Å². The van der Waals surface area contributed by atoms with Gasteiger partial charge in [-0.1, -0.05) is 34.1 Å². The molecule has 1 saturated heterocycles. The lowest BCUT2D eigenvalue weighted by atomic mass is 10.0. The van der Waals surface area contributed by atoms with Crippen LogP contribution in [0.2, 0.25) is 0 Å². The van der Waals surface area contributed by atoms with Crippen molar-refractivity contribution in [3.8, 4) is 5.75 Å². The number of rotatable bonds is 6. The molecule has 1 aromatic carbocycles. The Morgan fingerprint density at radius 1 is 1.35 bits per heavy atom. The molecule has 3 atom stereocenters. The van der Waals surface area contributed by atoms with E-state index in [4.69, 9.17) is 4.74 Å². The fraction of sp³-hybridized carbons (Fsp3) is 0.312. The molecule has 0 bridgehead atoms. The molecule has 0 aromatic heterocycles. The molecule has 138 valence electrons. The fourth-order valence-corrected chi connectivity index (χ4v) is 5.25. The third kappa shape index (κ3) is 3.38. The maximum Gasteiger partial charge on any atom is 0.352 e. The van der Waals surface area contributed by atoms with E-state index >= 15 is 0 Å². The number of para-hydroxylation sites is 1. The normalized spacial score (nSPS) is 24.6. The molecule has 2 aliphatic rings. The van der Waals surface area contributed by atoms with Crippen LogP contribution in [0.5, 0.6) is 5.75 Å². The number of β-lactam (4-membered cyclic amide) rings is 1. The van der Waals surface area contributed by atoms with Gasteiger partial charge < -0.3 is 15.2 Å². The summed E-state index contributed by atoms with van der Waals surface area (Å²) in [6, 6.07) is 7.67. The number of carboxylic acid groups (broad SMARTS) is 1. The van der Waals surface area contributed by atoms with Crippen molar-refractivity contribution in [2.24, 2.45) is 0 Å². The van der Waals surface area contributed by atoms with E-state index < -0.39 is 40.0 Å². The summed E-state index contributed by atoms with van der Waals surface area (Å²) in [6.07, 6.45) is 0. The molecule has 1 fully saturated rings. The van der Waals surface area contributed by atoms with Crippen LogP contribution in [0.3, 0.4) is 0 Å². The van der Waals surface area contributed by atoms with E-state index in [0.29, 0.717) is 11.3 Å². The molecule has 3 rings (SSSR count). The van der Waals surface area contributed by atoms with Gasteiger partial charge in [0.25, 0.3) is 11.8 Å². The van der Waals surface area contributed by atoms with Crippen LogP contribution in [-0.4, -0.2) is 61.1 Å². The van der Waals surface area contributed by atoms with Gasteiger partial charge in [0.1, 0.15) is 22.9 Å². The molecule has 26 heavy (non-hydrogen) atoms. The zero-order valence-electron chi connectivity index (χ0n) is 13.4. The predicted molar refractivity (Wildman–Crippen MR) is 96.0 cm³/mol. The number of ether oxygens (including phenoxy) is 1. The number of carbonyl (C=O) groups excluding carboxylic acids is 2. The van der Waals surface area contributed by atoms with Crippen molar-refractivity contribution in [2.75, 3.05) is 17.7 Å². The van der Waals surface area contributed by atoms with Gasteiger partial charge in [0.05, 0.1) is 16.6 Å². The van der Waals surface area contributed by atoms with E-state index in [2.05, 4.69) is 21.2 Å². The Kier molecular flexibility index (Phi) is 5.42. The lowest BCUT2D eigenvalue weighted by Crippen LogP contribution is -2.73. The number of nitrogens with zero attached hydrogens (tertiary/aromatic N) is 1. The van der Waals surface area contributed by atoms with Crippen molar-refractivity contribution in [1.29, 1.82) is 0 Å². The number of fused-ring (bicyclic) bond motifs is 1. The molecule has 2 amide bonds. The average molecular weight is 443 g/mol. The molecule has 0 spiro atoms. The summed E-state index contributed by atoms with van der Waals surface area (Å²) in [5.41, 5.74) is 0.222. The van der Waals surface area contributed by atoms with E-state index in [-0.39, 0.29) is 23.4 Å². The van der Waals surface area contributed by atoms with E-state index in [1.165, 1.54) is 0 Å². The molecular weight excluding hydrogens is 428 g/mol. The minimum absolute atomic E-state index is 0.0359. The molecule has 10 heteroatoms. The van der Waals surface area contributed by atoms with Gasteiger partial charge in [0.15, 0.2) is 6.61 Å². The number of carboxylic acids is 1. The molecule has 2 N–H and O–H groups in total. The van der Waals surface area contributed by atoms with Crippen molar-refractivity contribution >= 4 is 44.5 Å². The average Bonchev–Trinajstić information content (AvgIpc) is 2.64. The summed E-state index contributed by atoms with van der Waals surface area (Å²) in [7, 11) is -1.50. The molecule has 0 radical (unpaired) electrons. The first-order valence-corrected chi connectivity index (χ1v) is 10.1. The highest BCUT2D eigenvalue weighted by Gasteiger charge is 2.56. The Hall–Kier alpha value is -2.20. The van der Waals surface area contributed by atoms with Gasteiger partial charge in [0, 0.05) is 5.33 Å². The number of hydrogen-bond donors (Lipinski definition) is 2. The van der Waals surface area contributed by atoms with Crippen LogP contribution in [0.1, 0.15) is 0 Å². The van der Waals surface area contributed by atoms with Crippen LogP contribution in [0, 0.1) is 0 Å². The number of carbonyl (C=O) groups is 3. The van der Waals surface area contributed by atoms with Crippen molar-refractivity contribution in [3.05, 3.63) is 41.6 Å². The minimum Gasteiger partial charge on any atom is -0.484 e. The number of aliphatic carboxylic acids is 1. The van der Waals surface area contributed by atoms with E-state index in [1.807, 2.05) is 6.07 Å². The fourth-order valence-electron chi connectivity index (χ4n) is 2.84. The Balaban J connectivity index is 1.67. The number of alkyl halides is 1. The van der Waals surface area contributed by atoms with E-state index in [9.17, 15) is 23.7 Å². The second-order valence-electron chi connectivity index (χ2n) is 5.66. The molecule has 2 aliphatic heterocycles. The highest BCUT2D eigenvalue weighted by atomic mass is 79.9. The van der Waals surface area contributed by atoms with Gasteiger partial charge in [-0.25, -0.2) is 4.79 Å². The molecular formula is C16H15BrN2O6S. The van der Waals surface area contributed by atoms with Crippen LogP contribution >= 0.6 is 15.9 Å². The lowest BCUT2D eigenvalue weighted by Gasteiger charge is -2.48. The lowest BCUT2D eigenvalue weighted by molar-refractivity contribution is -0.151. The summed E-state index contributed by atoms with van der Waals surface area (Å²) in [6.45, 7) is -0.304. The Morgan fingerprint density at radius 2 is 2.04 bits per heavy atom. The van der Waals surface area contributed by atoms with Crippen LogP contribution in [-0.2, 0) is 25.2 Å². The predicted octanol–water partition coefficient (Wildman–Crippen LogP) is 0.214. The van der Waals surface area contributed by atoms with Crippen LogP contribution in [0.25, 0.3) is 0 Å². The van der Waals surface area contributed by atoms with Gasteiger partial charge in [-0.2, -0.15) is 0 Å². The third-order valence-electron chi connectivity index (χ3n) is 4.00. The monoisotopic (exact) mass is 442 g/mol. The zero-order valence-corrected chi connectivity index (χ0v) is 15.8. The Bertz CT molecular complexity index is 812. The van der Waals surface area contributed by atoms with E-state index in [0.717, 1.165) is 4.90 Å². The van der Waals surface area contributed by atoms with Crippen molar-refractivity contribution in [1.82, 2.24) is 10.2 Å². The third-order valence-corrected chi connectivity index (χ3v) is 6.33. The molecule has 2 unspecified atom stereocenters. The Morgan fingerprint density at radius 3 is 2.65 bits per heavy atom. The van der Waals surface area contributed by atoms with Gasteiger partial charge in [-0.05, 0) is 17.7 Å². The molecule has 1 aromatic rings. The van der Waals surface area contributed by atoms with Crippen LogP contribution in [0.4, 0.5) is 0 Å². The number of hydrogen-bond acceptors (Lipinski definition) is 5. The highest BCUT2D eigenvalue weighted by Crippen LogP contribution is 2.35. The van der Waals surface area contributed by atoms with Crippen molar-refractivity contribution < 1.29 is 28.4 Å². The van der Waals surface area contributed by atoms with Gasteiger partial charge in [0.2, 0.25) is 0 Å². The van der Waals surface area contributed by atoms with Crippen LogP contribution < -0.4 is 10.1 Å². The summed E-state index contributed by atoms with van der Waals surface area (Å²) >= 11 is 3.16. The second kappa shape index (κ2) is 7.58. The molecule has 0 saturated carbocycles. The van der Waals surface area contributed by atoms with Gasteiger partial charge in [-0.3, -0.25) is 18.7 Å². The molecule has 2 heterocycles. The van der Waals surface area contributed by atoms with Crippen LogP contribution in [0.15, 0.2) is 41.6 Å². The first-order chi connectivity index (χ1) is 12.4. The number of amides is 2.